The van der Waals surface area contributed by atoms with Gasteiger partial charge < -0.3 is 5.32 Å². The van der Waals surface area contributed by atoms with Gasteiger partial charge in [0.15, 0.2) is 5.84 Å². The van der Waals surface area contributed by atoms with Gasteiger partial charge in [-0.15, -0.1) is 4.40 Å². The summed E-state index contributed by atoms with van der Waals surface area (Å²) in [5.74, 6) is -0.226. The van der Waals surface area contributed by atoms with Gasteiger partial charge in [-0.1, -0.05) is 46.9 Å². The van der Waals surface area contributed by atoms with E-state index in [1.165, 1.54) is 6.07 Å². The maximum absolute atomic E-state index is 11.7. The number of hydrogen-bond donors (Lipinski definition) is 1. The highest BCUT2D eigenvalue weighted by atomic mass is 35.6. The number of nitrogens with one attached hydrogen (secondary N) is 1. The third kappa shape index (κ3) is 2.13. The van der Waals surface area contributed by atoms with Gasteiger partial charge in [0.1, 0.15) is 4.90 Å². The SMILES string of the molecule is O=S1(=O)N=C(C(Cl)(Cl)Cl)Nc2ccccc21. The molecule has 0 spiro atoms. The molecule has 1 aromatic rings. The smallest absolute Gasteiger partial charge is 0.286 e. The van der Waals surface area contributed by atoms with Crippen molar-refractivity contribution in [1.82, 2.24) is 0 Å². The highest BCUT2D eigenvalue weighted by molar-refractivity contribution is 7.90. The molecule has 0 aromatic heterocycles. The van der Waals surface area contributed by atoms with Gasteiger partial charge in [0, 0.05) is 0 Å². The molecular formula is C8H5Cl3N2O2S. The topological polar surface area (TPSA) is 58.5 Å². The molecule has 16 heavy (non-hydrogen) atoms. The van der Waals surface area contributed by atoms with Gasteiger partial charge in [-0.2, -0.15) is 8.42 Å². The summed E-state index contributed by atoms with van der Waals surface area (Å²) in [6.45, 7) is 0. The van der Waals surface area contributed by atoms with Crippen LogP contribution in [0.3, 0.4) is 0 Å². The molecule has 0 radical (unpaired) electrons. The predicted octanol–water partition coefficient (Wildman–Crippen LogP) is 2.57. The van der Waals surface area contributed by atoms with E-state index in [4.69, 9.17) is 34.8 Å². The standard InChI is InChI=1S/C8H5Cl3N2O2S/c9-8(10,11)7-12-5-3-1-2-4-6(5)16(14,15)13-7/h1-4H,(H,12,13). The number of amidine groups is 1. The first-order valence-corrected chi connectivity index (χ1v) is 6.66. The molecule has 86 valence electrons. The summed E-state index contributed by atoms with van der Waals surface area (Å²) in [5.41, 5.74) is 0.346. The zero-order chi connectivity index (χ0) is 12.0. The number of nitrogens with zero attached hydrogens (tertiary/aromatic N) is 1. The third-order valence-electron chi connectivity index (χ3n) is 1.90. The number of halogens is 3. The van der Waals surface area contributed by atoms with Crippen molar-refractivity contribution in [3.05, 3.63) is 24.3 Å². The molecule has 0 aliphatic carbocycles. The lowest BCUT2D eigenvalue weighted by molar-refractivity contribution is 0.597. The van der Waals surface area contributed by atoms with Crippen molar-refractivity contribution in [2.75, 3.05) is 5.32 Å². The van der Waals surface area contributed by atoms with E-state index in [2.05, 4.69) is 9.71 Å². The number of fused-ring (bicyclic) bond motifs is 1. The minimum Gasteiger partial charge on any atom is -0.338 e. The Hall–Kier alpha value is -0.490. The second-order valence-corrected chi connectivity index (χ2v) is 6.89. The maximum Gasteiger partial charge on any atom is 0.286 e. The fourth-order valence-electron chi connectivity index (χ4n) is 1.24. The molecule has 0 saturated carbocycles. The summed E-state index contributed by atoms with van der Waals surface area (Å²) in [6.07, 6.45) is 0. The van der Waals surface area contributed by atoms with E-state index in [1.54, 1.807) is 18.2 Å². The van der Waals surface area contributed by atoms with Crippen molar-refractivity contribution >= 4 is 56.3 Å². The summed E-state index contributed by atoms with van der Waals surface area (Å²) in [5, 5.41) is 2.67. The van der Waals surface area contributed by atoms with E-state index in [-0.39, 0.29) is 10.7 Å². The Morgan fingerprint density at radius 2 is 1.81 bits per heavy atom. The zero-order valence-corrected chi connectivity index (χ0v) is 10.7. The zero-order valence-electron chi connectivity index (χ0n) is 7.62. The van der Waals surface area contributed by atoms with Crippen LogP contribution in [0, 0.1) is 0 Å². The molecule has 0 atom stereocenters. The van der Waals surface area contributed by atoms with Crippen molar-refractivity contribution in [2.45, 2.75) is 8.69 Å². The fourth-order valence-corrected chi connectivity index (χ4v) is 2.82. The minimum atomic E-state index is -3.80. The Bertz CT molecular complexity index is 563. The molecule has 1 heterocycles. The van der Waals surface area contributed by atoms with E-state index in [0.29, 0.717) is 5.69 Å². The largest absolute Gasteiger partial charge is 0.338 e. The first kappa shape index (κ1) is 12.0. The van der Waals surface area contributed by atoms with Gasteiger partial charge in [-0.25, -0.2) is 0 Å². The summed E-state index contributed by atoms with van der Waals surface area (Å²) < 4.78 is 25.0. The monoisotopic (exact) mass is 298 g/mol. The minimum absolute atomic E-state index is 0.0630. The van der Waals surface area contributed by atoms with E-state index in [0.717, 1.165) is 0 Å². The van der Waals surface area contributed by atoms with Crippen molar-refractivity contribution in [2.24, 2.45) is 4.40 Å². The molecule has 0 bridgehead atoms. The molecule has 0 saturated heterocycles. The van der Waals surface area contributed by atoms with Crippen LogP contribution in [0.2, 0.25) is 0 Å². The molecule has 2 rings (SSSR count). The Balaban J connectivity index is 2.61. The fraction of sp³-hybridized carbons (Fsp3) is 0.125. The molecule has 8 heteroatoms. The van der Waals surface area contributed by atoms with E-state index in [1.807, 2.05) is 0 Å². The Morgan fingerprint density at radius 1 is 1.19 bits per heavy atom. The van der Waals surface area contributed by atoms with Crippen molar-refractivity contribution in [3.8, 4) is 0 Å². The van der Waals surface area contributed by atoms with Crippen LogP contribution in [-0.4, -0.2) is 18.0 Å². The third-order valence-corrected chi connectivity index (χ3v) is 3.77. The second-order valence-electron chi connectivity index (χ2n) is 3.03. The number of benzene rings is 1. The lowest BCUT2D eigenvalue weighted by Crippen LogP contribution is -2.32. The average molecular weight is 300 g/mol. The van der Waals surface area contributed by atoms with Crippen LogP contribution in [-0.2, 0) is 10.0 Å². The summed E-state index contributed by atoms with van der Waals surface area (Å²) in [6, 6.07) is 6.25. The maximum atomic E-state index is 11.7. The van der Waals surface area contributed by atoms with Gasteiger partial charge >= 0.3 is 0 Å². The first-order valence-electron chi connectivity index (χ1n) is 4.09. The lowest BCUT2D eigenvalue weighted by Gasteiger charge is -2.21. The van der Waals surface area contributed by atoms with Crippen LogP contribution in [0.5, 0.6) is 0 Å². The Kier molecular flexibility index (Phi) is 2.82. The van der Waals surface area contributed by atoms with Gasteiger partial charge in [0.05, 0.1) is 5.69 Å². The van der Waals surface area contributed by atoms with E-state index < -0.39 is 13.8 Å². The van der Waals surface area contributed by atoms with Crippen molar-refractivity contribution < 1.29 is 8.42 Å². The van der Waals surface area contributed by atoms with Gasteiger partial charge in [0.25, 0.3) is 10.0 Å². The highest BCUT2D eigenvalue weighted by Gasteiger charge is 2.35. The van der Waals surface area contributed by atoms with Gasteiger partial charge in [-0.05, 0) is 12.1 Å². The van der Waals surface area contributed by atoms with Crippen LogP contribution in [0.15, 0.2) is 33.6 Å². The molecular weight excluding hydrogens is 295 g/mol. The molecule has 1 aliphatic rings. The summed E-state index contributed by atoms with van der Waals surface area (Å²) >= 11 is 16.7. The number of rotatable bonds is 0. The number of alkyl halides is 3. The first-order chi connectivity index (χ1) is 7.31. The molecule has 1 N–H and O–H groups in total. The number of hydrogen-bond acceptors (Lipinski definition) is 3. The Labute approximate surface area is 107 Å². The van der Waals surface area contributed by atoms with Crippen LogP contribution in [0.4, 0.5) is 5.69 Å². The van der Waals surface area contributed by atoms with Crippen LogP contribution < -0.4 is 5.32 Å². The van der Waals surface area contributed by atoms with Gasteiger partial charge in [-0.3, -0.25) is 0 Å². The van der Waals surface area contributed by atoms with Crippen LogP contribution >= 0.6 is 34.8 Å². The highest BCUT2D eigenvalue weighted by Crippen LogP contribution is 2.34. The quantitative estimate of drug-likeness (QED) is 0.749. The van der Waals surface area contributed by atoms with Crippen LogP contribution in [0.1, 0.15) is 0 Å². The molecule has 0 unspecified atom stereocenters. The Morgan fingerprint density at radius 3 is 2.44 bits per heavy atom. The van der Waals surface area contributed by atoms with Crippen molar-refractivity contribution in [1.29, 1.82) is 0 Å². The molecule has 4 nitrogen and oxygen atoms in total. The number of sulfonamides is 1. The molecule has 0 amide bonds. The normalized spacial score (nSPS) is 18.3. The molecule has 1 aliphatic heterocycles. The number of anilines is 1. The van der Waals surface area contributed by atoms with E-state index >= 15 is 0 Å². The lowest BCUT2D eigenvalue weighted by atomic mass is 10.3. The predicted molar refractivity (Wildman–Crippen MR) is 65.0 cm³/mol. The van der Waals surface area contributed by atoms with Gasteiger partial charge in [0.2, 0.25) is 3.79 Å². The number of para-hydroxylation sites is 1. The second kappa shape index (κ2) is 3.77. The molecule has 1 aromatic carbocycles. The van der Waals surface area contributed by atoms with Crippen LogP contribution in [0.25, 0.3) is 0 Å². The molecule has 0 fully saturated rings. The van der Waals surface area contributed by atoms with E-state index in [9.17, 15) is 8.42 Å². The summed E-state index contributed by atoms with van der Waals surface area (Å²) in [7, 11) is -3.80. The average Bonchev–Trinajstić information content (AvgIpc) is 2.15. The van der Waals surface area contributed by atoms with Crippen molar-refractivity contribution in [3.63, 3.8) is 0 Å². The summed E-state index contributed by atoms with van der Waals surface area (Å²) in [4.78, 5) is 0.0630.